The molecule has 208 valence electrons. The van der Waals surface area contributed by atoms with Gasteiger partial charge in [-0.2, -0.15) is 4.98 Å². The molecule has 0 fully saturated rings. The van der Waals surface area contributed by atoms with E-state index in [9.17, 15) is 18.3 Å². The molecule has 1 aliphatic rings. The van der Waals surface area contributed by atoms with Crippen LogP contribution in [0, 0.1) is 19.8 Å². The normalized spacial score (nSPS) is 17.5. The second-order valence-corrected chi connectivity index (χ2v) is 12.8. The van der Waals surface area contributed by atoms with Crippen molar-refractivity contribution in [3.63, 3.8) is 0 Å². The number of amides is 1. The van der Waals surface area contributed by atoms with Crippen LogP contribution >= 0.6 is 0 Å². The van der Waals surface area contributed by atoms with E-state index in [-0.39, 0.29) is 41.4 Å². The summed E-state index contributed by atoms with van der Waals surface area (Å²) in [6, 6.07) is 13.0. The number of hydrogen-bond acceptors (Lipinski definition) is 7. The Hall–Kier alpha value is -3.50. The molecule has 0 saturated heterocycles. The molecular weight excluding hydrogens is 516 g/mol. The lowest BCUT2D eigenvalue weighted by molar-refractivity contribution is 0.00836. The number of hydrogen-bond donors (Lipinski definition) is 2. The molecule has 1 amide bonds. The van der Waals surface area contributed by atoms with Crippen LogP contribution in [0.5, 0.6) is 5.88 Å². The number of sulfonamides is 1. The quantitative estimate of drug-likeness (QED) is 0.475. The summed E-state index contributed by atoms with van der Waals surface area (Å²) in [5, 5.41) is 10.7. The first-order valence-corrected chi connectivity index (χ1v) is 14.5. The number of aliphatic hydroxyl groups is 1. The number of carbonyl (C=O) groups is 1. The van der Waals surface area contributed by atoms with Crippen LogP contribution in [-0.2, 0) is 10.0 Å². The smallest absolute Gasteiger partial charge is 0.264 e. The number of aromatic nitrogens is 2. The monoisotopic (exact) mass is 552 g/mol. The third-order valence-electron chi connectivity index (χ3n) is 6.48. The van der Waals surface area contributed by atoms with E-state index in [2.05, 4.69) is 14.7 Å². The van der Waals surface area contributed by atoms with E-state index in [0.717, 1.165) is 16.7 Å². The standard InChI is InChI=1S/C29H36N4O5S/c1-18(2)13-22-16-38-25-15-24(26-19(3)9-7-10-20(26)4)30-28(31-25)32-39(36,37)23-12-8-11-21(14-23)27(34)33(22)17-29(5,6)35/h7-12,14-15,18,22,35H,13,16-17H2,1-6H3,(H,30,31,32)/t22-/m1/s1. The molecule has 0 radical (unpaired) electrons. The topological polar surface area (TPSA) is 122 Å². The molecule has 9 nitrogen and oxygen atoms in total. The molecule has 4 rings (SSSR count). The number of aryl methyl sites for hydroxylation is 2. The maximum Gasteiger partial charge on any atom is 0.264 e. The Morgan fingerprint density at radius 1 is 1.10 bits per heavy atom. The Bertz CT molecular complexity index is 1460. The third-order valence-corrected chi connectivity index (χ3v) is 7.81. The Kier molecular flexibility index (Phi) is 7.99. The van der Waals surface area contributed by atoms with Gasteiger partial charge in [-0.15, -0.1) is 0 Å². The molecule has 1 aliphatic heterocycles. The molecule has 39 heavy (non-hydrogen) atoms. The van der Waals surface area contributed by atoms with Gasteiger partial charge in [-0.3, -0.25) is 4.79 Å². The van der Waals surface area contributed by atoms with Crippen molar-refractivity contribution in [1.82, 2.24) is 14.9 Å². The molecule has 4 bridgehead atoms. The largest absolute Gasteiger partial charge is 0.475 e. The van der Waals surface area contributed by atoms with Gasteiger partial charge in [-0.05, 0) is 69.4 Å². The lowest BCUT2D eigenvalue weighted by Gasteiger charge is -2.36. The predicted octanol–water partition coefficient (Wildman–Crippen LogP) is 4.58. The Balaban J connectivity index is 1.91. The van der Waals surface area contributed by atoms with Gasteiger partial charge in [0.15, 0.2) is 0 Å². The Labute approximate surface area is 230 Å². The molecule has 0 aliphatic carbocycles. The SMILES string of the molecule is Cc1cccc(C)c1-c1cc2nc(n1)NS(=O)(=O)c1cccc(c1)C(=O)N(CC(C)(C)O)[C@H](CC(C)C)CO2. The van der Waals surface area contributed by atoms with Crippen LogP contribution in [0.1, 0.15) is 55.6 Å². The van der Waals surface area contributed by atoms with Crippen molar-refractivity contribution in [1.29, 1.82) is 0 Å². The zero-order valence-corrected chi connectivity index (χ0v) is 24.0. The summed E-state index contributed by atoms with van der Waals surface area (Å²) in [6.07, 6.45) is 0.597. The van der Waals surface area contributed by atoms with Crippen molar-refractivity contribution in [3.8, 4) is 17.1 Å². The maximum atomic E-state index is 13.8. The number of β-amino-alcohol motifs (C(OH)–C–C–N with tert-alkyl or cyclic N) is 1. The van der Waals surface area contributed by atoms with Gasteiger partial charge in [0.1, 0.15) is 6.61 Å². The van der Waals surface area contributed by atoms with E-state index in [0.29, 0.717) is 12.1 Å². The first-order valence-electron chi connectivity index (χ1n) is 13.0. The number of carbonyl (C=O) groups excluding carboxylic acids is 1. The summed E-state index contributed by atoms with van der Waals surface area (Å²) in [6.45, 7) is 11.4. The molecule has 1 aromatic heterocycles. The first kappa shape index (κ1) is 28.5. The molecule has 2 heterocycles. The van der Waals surface area contributed by atoms with E-state index < -0.39 is 27.6 Å². The van der Waals surface area contributed by atoms with Gasteiger partial charge >= 0.3 is 0 Å². The molecule has 3 aromatic rings. The van der Waals surface area contributed by atoms with Gasteiger partial charge in [0, 0.05) is 23.7 Å². The number of nitrogens with one attached hydrogen (secondary N) is 1. The van der Waals surface area contributed by atoms with E-state index in [1.807, 2.05) is 45.9 Å². The average Bonchev–Trinajstić information content (AvgIpc) is 2.83. The van der Waals surface area contributed by atoms with Gasteiger partial charge in [-0.1, -0.05) is 38.1 Å². The molecule has 1 atom stereocenters. The minimum Gasteiger partial charge on any atom is -0.475 e. The van der Waals surface area contributed by atoms with Crippen LogP contribution in [0.15, 0.2) is 53.4 Å². The highest BCUT2D eigenvalue weighted by molar-refractivity contribution is 7.92. The van der Waals surface area contributed by atoms with Gasteiger partial charge in [0.25, 0.3) is 15.9 Å². The molecule has 2 aromatic carbocycles. The van der Waals surface area contributed by atoms with Crippen molar-refractivity contribution in [2.75, 3.05) is 17.9 Å². The van der Waals surface area contributed by atoms with Crippen LogP contribution in [0.3, 0.4) is 0 Å². The van der Waals surface area contributed by atoms with Crippen molar-refractivity contribution < 1.29 is 23.1 Å². The summed E-state index contributed by atoms with van der Waals surface area (Å²) in [7, 11) is -4.14. The van der Waals surface area contributed by atoms with Crippen molar-refractivity contribution in [2.24, 2.45) is 5.92 Å². The number of rotatable bonds is 5. The number of anilines is 1. The summed E-state index contributed by atoms with van der Waals surface area (Å²) in [4.78, 5) is 24.2. The van der Waals surface area contributed by atoms with Crippen LogP contribution in [0.4, 0.5) is 5.95 Å². The van der Waals surface area contributed by atoms with Crippen molar-refractivity contribution >= 4 is 21.9 Å². The average molecular weight is 553 g/mol. The number of fused-ring (bicyclic) bond motifs is 4. The lowest BCUT2D eigenvalue weighted by Crippen LogP contribution is -2.50. The highest BCUT2D eigenvalue weighted by atomic mass is 32.2. The van der Waals surface area contributed by atoms with Crippen molar-refractivity contribution in [3.05, 3.63) is 65.2 Å². The second-order valence-electron chi connectivity index (χ2n) is 11.2. The van der Waals surface area contributed by atoms with Gasteiger partial charge in [0.2, 0.25) is 11.8 Å². The molecule has 0 unspecified atom stereocenters. The molecule has 10 heteroatoms. The third kappa shape index (κ3) is 6.75. The Morgan fingerprint density at radius 3 is 2.41 bits per heavy atom. The van der Waals surface area contributed by atoms with Crippen LogP contribution in [-0.4, -0.2) is 59.1 Å². The number of ether oxygens (including phenoxy) is 1. The number of nitrogens with zero attached hydrogens (tertiary/aromatic N) is 3. The molecular formula is C29H36N4O5S. The first-order chi connectivity index (χ1) is 18.2. The lowest BCUT2D eigenvalue weighted by atomic mass is 9.99. The summed E-state index contributed by atoms with van der Waals surface area (Å²) < 4.78 is 35.4. The fourth-order valence-electron chi connectivity index (χ4n) is 4.83. The zero-order chi connectivity index (χ0) is 28.5. The highest BCUT2D eigenvalue weighted by Gasteiger charge is 2.32. The van der Waals surface area contributed by atoms with Gasteiger partial charge in [0.05, 0.1) is 22.2 Å². The van der Waals surface area contributed by atoms with E-state index in [1.54, 1.807) is 30.9 Å². The van der Waals surface area contributed by atoms with Gasteiger partial charge in [-0.25, -0.2) is 18.1 Å². The van der Waals surface area contributed by atoms with E-state index in [4.69, 9.17) is 4.74 Å². The fourth-order valence-corrected chi connectivity index (χ4v) is 5.82. The second kappa shape index (κ2) is 10.9. The van der Waals surface area contributed by atoms with Gasteiger partial charge < -0.3 is 14.7 Å². The van der Waals surface area contributed by atoms with E-state index in [1.165, 1.54) is 18.2 Å². The summed E-state index contributed by atoms with van der Waals surface area (Å²) in [5.74, 6) is -0.131. The Morgan fingerprint density at radius 2 is 1.77 bits per heavy atom. The maximum absolute atomic E-state index is 13.8. The molecule has 2 N–H and O–H groups in total. The summed E-state index contributed by atoms with van der Waals surface area (Å²) in [5.41, 5.74) is 2.31. The predicted molar refractivity (Wildman–Crippen MR) is 150 cm³/mol. The zero-order valence-electron chi connectivity index (χ0n) is 23.2. The van der Waals surface area contributed by atoms with Crippen LogP contribution < -0.4 is 9.46 Å². The molecule has 0 saturated carbocycles. The van der Waals surface area contributed by atoms with Crippen molar-refractivity contribution in [2.45, 2.75) is 64.5 Å². The highest BCUT2D eigenvalue weighted by Crippen LogP contribution is 2.30. The number of benzene rings is 2. The minimum absolute atomic E-state index is 0.0322. The molecule has 0 spiro atoms. The summed E-state index contributed by atoms with van der Waals surface area (Å²) >= 11 is 0. The minimum atomic E-state index is -4.14. The van der Waals surface area contributed by atoms with E-state index >= 15 is 0 Å². The fraction of sp³-hybridized carbons (Fsp3) is 0.414. The van der Waals surface area contributed by atoms with Crippen LogP contribution in [0.25, 0.3) is 11.3 Å². The van der Waals surface area contributed by atoms with Crippen LogP contribution in [0.2, 0.25) is 0 Å².